The molecule has 2 heterocycles. The molecule has 0 bridgehead atoms. The van der Waals surface area contributed by atoms with Crippen molar-refractivity contribution in [3.8, 4) is 22.8 Å². The molecule has 2 aromatic heterocycles. The summed E-state index contributed by atoms with van der Waals surface area (Å²) < 4.78 is 0.523. The molecule has 1 N–H and O–H groups in total. The van der Waals surface area contributed by atoms with Gasteiger partial charge < -0.3 is 4.98 Å². The maximum Gasteiger partial charge on any atom is 0.158 e. The molecule has 5 heteroatoms. The van der Waals surface area contributed by atoms with E-state index in [1.807, 2.05) is 42.5 Å². The number of nitrogens with zero attached hydrogens (tertiary/aromatic N) is 2. The van der Waals surface area contributed by atoms with Gasteiger partial charge >= 0.3 is 0 Å². The number of aromatic amines is 1. The molecule has 0 fully saturated rings. The molecular formula is C15H10ClN3S. The quantitative estimate of drug-likeness (QED) is 0.707. The first-order chi connectivity index (χ1) is 9.72. The third-order valence-electron chi connectivity index (χ3n) is 2.80. The van der Waals surface area contributed by atoms with Crippen molar-refractivity contribution in [3.63, 3.8) is 0 Å². The van der Waals surface area contributed by atoms with Crippen molar-refractivity contribution in [1.82, 2.24) is 15.0 Å². The molecule has 3 aromatic rings. The summed E-state index contributed by atoms with van der Waals surface area (Å²) in [7, 11) is 0. The Hall–Kier alpha value is -2.04. The summed E-state index contributed by atoms with van der Waals surface area (Å²) in [4.78, 5) is 11.8. The minimum Gasteiger partial charge on any atom is -0.338 e. The van der Waals surface area contributed by atoms with Crippen LogP contribution >= 0.6 is 23.8 Å². The summed E-state index contributed by atoms with van der Waals surface area (Å²) in [6.07, 6.45) is 1.59. The molecule has 0 aliphatic carbocycles. The van der Waals surface area contributed by atoms with Crippen molar-refractivity contribution < 1.29 is 0 Å². The van der Waals surface area contributed by atoms with E-state index in [4.69, 9.17) is 23.8 Å². The lowest BCUT2D eigenvalue weighted by molar-refractivity contribution is 1.13. The van der Waals surface area contributed by atoms with E-state index in [9.17, 15) is 0 Å². The Morgan fingerprint density at radius 2 is 1.85 bits per heavy atom. The molecule has 0 atom stereocenters. The Kier molecular flexibility index (Phi) is 3.58. The zero-order valence-electron chi connectivity index (χ0n) is 10.4. The molecule has 3 nitrogen and oxygen atoms in total. The van der Waals surface area contributed by atoms with Crippen molar-refractivity contribution in [2.45, 2.75) is 0 Å². The Labute approximate surface area is 126 Å². The number of H-pyrrole nitrogens is 1. The fourth-order valence-electron chi connectivity index (χ4n) is 1.87. The van der Waals surface area contributed by atoms with Crippen molar-refractivity contribution >= 4 is 23.8 Å². The van der Waals surface area contributed by atoms with Crippen molar-refractivity contribution in [2.24, 2.45) is 0 Å². The maximum absolute atomic E-state index is 5.84. The van der Waals surface area contributed by atoms with Gasteiger partial charge in [-0.05, 0) is 23.8 Å². The molecule has 0 aliphatic rings. The van der Waals surface area contributed by atoms with Gasteiger partial charge in [0, 0.05) is 11.9 Å². The van der Waals surface area contributed by atoms with E-state index in [1.165, 1.54) is 0 Å². The molecule has 0 saturated heterocycles. The third kappa shape index (κ3) is 2.76. The van der Waals surface area contributed by atoms with Gasteiger partial charge in [-0.2, -0.15) is 0 Å². The summed E-state index contributed by atoms with van der Waals surface area (Å²) in [5.41, 5.74) is 2.67. The van der Waals surface area contributed by atoms with E-state index in [-0.39, 0.29) is 0 Å². The van der Waals surface area contributed by atoms with Gasteiger partial charge in [-0.25, -0.2) is 4.98 Å². The van der Waals surface area contributed by atoms with Crippen LogP contribution in [-0.4, -0.2) is 15.0 Å². The second kappa shape index (κ2) is 5.53. The smallest absolute Gasteiger partial charge is 0.158 e. The zero-order chi connectivity index (χ0) is 13.9. The first kappa shape index (κ1) is 13.0. The SMILES string of the molecule is S=c1cc(-c2ccccc2)[nH]c(-c2ccc(Cl)cn2)n1. The standard InChI is InChI=1S/C15H10ClN3S/c16-11-6-7-12(17-9-11)15-18-13(8-14(20)19-15)10-4-2-1-3-5-10/h1-9H,(H,18,19,20). The molecule has 98 valence electrons. The van der Waals surface area contributed by atoms with Gasteiger partial charge in [-0.15, -0.1) is 0 Å². The topological polar surface area (TPSA) is 41.6 Å². The van der Waals surface area contributed by atoms with E-state index in [0.717, 1.165) is 11.3 Å². The Bertz CT molecular complexity index is 782. The highest BCUT2D eigenvalue weighted by atomic mass is 35.5. The molecule has 3 rings (SSSR count). The summed E-state index contributed by atoms with van der Waals surface area (Å²) in [5, 5.41) is 0.589. The average Bonchev–Trinajstić information content (AvgIpc) is 2.48. The minimum atomic E-state index is 0.523. The number of pyridine rings is 1. The van der Waals surface area contributed by atoms with E-state index in [2.05, 4.69) is 15.0 Å². The van der Waals surface area contributed by atoms with Crippen LogP contribution in [0.15, 0.2) is 54.7 Å². The highest BCUT2D eigenvalue weighted by Crippen LogP contribution is 2.20. The number of halogens is 1. The lowest BCUT2D eigenvalue weighted by Crippen LogP contribution is -1.94. The van der Waals surface area contributed by atoms with Crippen LogP contribution in [0.2, 0.25) is 5.02 Å². The summed E-state index contributed by atoms with van der Waals surface area (Å²) >= 11 is 11.1. The molecule has 0 saturated carbocycles. The second-order valence-corrected chi connectivity index (χ2v) is 5.06. The summed E-state index contributed by atoms with van der Waals surface area (Å²) in [6.45, 7) is 0. The van der Waals surface area contributed by atoms with Crippen LogP contribution < -0.4 is 0 Å². The van der Waals surface area contributed by atoms with Crippen LogP contribution in [0.5, 0.6) is 0 Å². The van der Waals surface area contributed by atoms with Crippen molar-refractivity contribution in [3.05, 3.63) is 64.4 Å². The predicted molar refractivity (Wildman–Crippen MR) is 83.1 cm³/mol. The van der Waals surface area contributed by atoms with E-state index < -0.39 is 0 Å². The molecule has 0 unspecified atom stereocenters. The van der Waals surface area contributed by atoms with E-state index in [1.54, 1.807) is 12.3 Å². The number of nitrogens with one attached hydrogen (secondary N) is 1. The van der Waals surface area contributed by atoms with Gasteiger partial charge in [-0.3, -0.25) is 4.98 Å². The lowest BCUT2D eigenvalue weighted by atomic mass is 10.1. The van der Waals surface area contributed by atoms with Crippen molar-refractivity contribution in [1.29, 1.82) is 0 Å². The Morgan fingerprint density at radius 1 is 1.05 bits per heavy atom. The Balaban J connectivity index is 2.12. The van der Waals surface area contributed by atoms with Gasteiger partial charge in [0.1, 0.15) is 10.3 Å². The normalized spacial score (nSPS) is 10.4. The number of benzene rings is 1. The van der Waals surface area contributed by atoms with E-state index >= 15 is 0 Å². The number of hydrogen-bond acceptors (Lipinski definition) is 3. The molecule has 20 heavy (non-hydrogen) atoms. The minimum absolute atomic E-state index is 0.523. The van der Waals surface area contributed by atoms with E-state index in [0.29, 0.717) is 21.2 Å². The number of aromatic nitrogens is 3. The van der Waals surface area contributed by atoms with Crippen LogP contribution in [0.4, 0.5) is 0 Å². The van der Waals surface area contributed by atoms with Gasteiger partial charge in [0.05, 0.1) is 5.02 Å². The second-order valence-electron chi connectivity index (χ2n) is 4.21. The highest BCUT2D eigenvalue weighted by Gasteiger charge is 2.05. The van der Waals surface area contributed by atoms with Gasteiger partial charge in [0.25, 0.3) is 0 Å². The highest BCUT2D eigenvalue weighted by molar-refractivity contribution is 7.71. The largest absolute Gasteiger partial charge is 0.338 e. The monoisotopic (exact) mass is 299 g/mol. The van der Waals surface area contributed by atoms with Crippen LogP contribution in [0.25, 0.3) is 22.8 Å². The molecule has 0 aliphatic heterocycles. The van der Waals surface area contributed by atoms with Crippen LogP contribution in [0.1, 0.15) is 0 Å². The number of rotatable bonds is 2. The fraction of sp³-hybridized carbons (Fsp3) is 0. The molecule has 1 aromatic carbocycles. The molecular weight excluding hydrogens is 290 g/mol. The molecule has 0 spiro atoms. The van der Waals surface area contributed by atoms with Crippen LogP contribution in [-0.2, 0) is 0 Å². The fourth-order valence-corrected chi connectivity index (χ4v) is 2.19. The molecule has 0 amide bonds. The lowest BCUT2D eigenvalue weighted by Gasteiger charge is -2.05. The first-order valence-corrected chi connectivity index (χ1v) is 6.80. The van der Waals surface area contributed by atoms with Gasteiger partial charge in [0.15, 0.2) is 5.82 Å². The maximum atomic E-state index is 5.84. The first-order valence-electron chi connectivity index (χ1n) is 6.01. The average molecular weight is 300 g/mol. The van der Waals surface area contributed by atoms with Crippen LogP contribution in [0.3, 0.4) is 0 Å². The third-order valence-corrected chi connectivity index (χ3v) is 3.23. The van der Waals surface area contributed by atoms with Gasteiger partial charge in [-0.1, -0.05) is 54.2 Å². The summed E-state index contributed by atoms with van der Waals surface area (Å²) in [5.74, 6) is 0.632. The van der Waals surface area contributed by atoms with Gasteiger partial charge in [0.2, 0.25) is 0 Å². The molecule has 0 radical (unpaired) electrons. The Morgan fingerprint density at radius 3 is 2.55 bits per heavy atom. The predicted octanol–water partition coefficient (Wildman–Crippen LogP) is 4.52. The summed E-state index contributed by atoms with van der Waals surface area (Å²) in [6, 6.07) is 15.4. The number of hydrogen-bond donors (Lipinski definition) is 1. The van der Waals surface area contributed by atoms with Crippen LogP contribution in [0, 0.1) is 4.64 Å². The zero-order valence-corrected chi connectivity index (χ0v) is 11.9. The van der Waals surface area contributed by atoms with Crippen molar-refractivity contribution in [2.75, 3.05) is 0 Å².